The predicted molar refractivity (Wildman–Crippen MR) is 53.7 cm³/mol. The Balaban J connectivity index is 2.45. The van der Waals surface area contributed by atoms with E-state index in [0.717, 1.165) is 25.7 Å². The summed E-state index contributed by atoms with van der Waals surface area (Å²) in [6.45, 7) is -0.104. The Morgan fingerprint density at radius 3 is 2.33 bits per heavy atom. The van der Waals surface area contributed by atoms with Crippen LogP contribution in [0.5, 0.6) is 0 Å². The summed E-state index contributed by atoms with van der Waals surface area (Å²) in [4.78, 5) is 13.0. The Morgan fingerprint density at radius 2 is 1.80 bits per heavy atom. The second kappa shape index (κ2) is 5.96. The summed E-state index contributed by atoms with van der Waals surface area (Å²) in [5.41, 5.74) is 0. The Labute approximate surface area is 88.8 Å². The third-order valence-corrected chi connectivity index (χ3v) is 3.07. The highest BCUT2D eigenvalue weighted by Gasteiger charge is 2.38. The lowest BCUT2D eigenvalue weighted by Gasteiger charge is -2.25. The second-order valence-electron chi connectivity index (χ2n) is 4.17. The minimum absolute atomic E-state index is 0.104. The molecule has 1 fully saturated rings. The van der Waals surface area contributed by atoms with Crippen LogP contribution in [-0.4, -0.2) is 18.5 Å². The summed E-state index contributed by atoms with van der Waals surface area (Å²) in [7, 11) is 0. The smallest absolute Gasteiger partial charge is 0.211 e. The maximum Gasteiger partial charge on any atom is 0.252 e. The molecule has 0 aromatic rings. The maximum atomic E-state index is 13.6. The molecule has 0 atom stereocenters. The Hall–Kier alpha value is -0.760. The molecule has 0 amide bonds. The standard InChI is InChI=1S/C11H17F2NO/c12-11(13,7-8-14-9-15)10-5-3-1-2-4-6-10/h10H,1-8H2. The van der Waals surface area contributed by atoms with E-state index < -0.39 is 11.8 Å². The van der Waals surface area contributed by atoms with Crippen LogP contribution in [0, 0.1) is 5.92 Å². The average Bonchev–Trinajstić information content (AvgIpc) is 2.46. The van der Waals surface area contributed by atoms with Gasteiger partial charge in [-0.3, -0.25) is 0 Å². The minimum Gasteiger partial charge on any atom is -0.211 e. The molecule has 0 unspecified atom stereocenters. The van der Waals surface area contributed by atoms with Gasteiger partial charge >= 0.3 is 0 Å². The molecule has 0 heterocycles. The van der Waals surface area contributed by atoms with Crippen molar-refractivity contribution in [2.75, 3.05) is 6.54 Å². The summed E-state index contributed by atoms with van der Waals surface area (Å²) < 4.78 is 27.2. The molecular formula is C11H17F2NO. The molecule has 0 radical (unpaired) electrons. The second-order valence-corrected chi connectivity index (χ2v) is 4.17. The molecule has 0 spiro atoms. The molecule has 86 valence electrons. The molecule has 1 aliphatic carbocycles. The van der Waals surface area contributed by atoms with E-state index in [0.29, 0.717) is 12.8 Å². The van der Waals surface area contributed by atoms with Crippen molar-refractivity contribution in [2.24, 2.45) is 10.9 Å². The molecule has 1 rings (SSSR count). The van der Waals surface area contributed by atoms with Crippen molar-refractivity contribution in [3.63, 3.8) is 0 Å². The molecule has 0 bridgehead atoms. The zero-order valence-electron chi connectivity index (χ0n) is 8.85. The fourth-order valence-electron chi connectivity index (χ4n) is 2.16. The van der Waals surface area contributed by atoms with E-state index in [1.165, 1.54) is 6.08 Å². The van der Waals surface area contributed by atoms with Crippen LogP contribution in [0.3, 0.4) is 0 Å². The van der Waals surface area contributed by atoms with Crippen molar-refractivity contribution in [1.82, 2.24) is 0 Å². The van der Waals surface area contributed by atoms with Crippen LogP contribution in [0.4, 0.5) is 8.78 Å². The molecular weight excluding hydrogens is 200 g/mol. The third-order valence-electron chi connectivity index (χ3n) is 3.07. The minimum atomic E-state index is -2.66. The SMILES string of the molecule is O=C=NCCC(F)(F)C1CCCCCC1. The summed E-state index contributed by atoms with van der Waals surface area (Å²) in [6, 6.07) is 0. The average molecular weight is 217 g/mol. The van der Waals surface area contributed by atoms with E-state index >= 15 is 0 Å². The summed E-state index contributed by atoms with van der Waals surface area (Å²) in [6.07, 6.45) is 6.14. The zero-order valence-corrected chi connectivity index (χ0v) is 8.85. The van der Waals surface area contributed by atoms with Crippen LogP contribution in [0.2, 0.25) is 0 Å². The number of carbonyl (C=O) groups excluding carboxylic acids is 1. The highest BCUT2D eigenvalue weighted by Crippen LogP contribution is 2.37. The molecule has 0 aromatic heterocycles. The number of alkyl halides is 2. The quantitative estimate of drug-likeness (QED) is 0.403. The molecule has 0 N–H and O–H groups in total. The van der Waals surface area contributed by atoms with Crippen molar-refractivity contribution in [3.8, 4) is 0 Å². The maximum absolute atomic E-state index is 13.6. The first-order chi connectivity index (χ1) is 7.17. The Bertz CT molecular complexity index is 229. The van der Waals surface area contributed by atoms with Crippen molar-refractivity contribution < 1.29 is 13.6 Å². The monoisotopic (exact) mass is 217 g/mol. The first-order valence-electron chi connectivity index (χ1n) is 5.58. The normalized spacial score (nSPS) is 19.3. The first-order valence-corrected chi connectivity index (χ1v) is 5.58. The number of hydrogen-bond acceptors (Lipinski definition) is 2. The molecule has 15 heavy (non-hydrogen) atoms. The van der Waals surface area contributed by atoms with Crippen LogP contribution in [0.25, 0.3) is 0 Å². The molecule has 1 saturated carbocycles. The lowest BCUT2D eigenvalue weighted by atomic mass is 9.91. The van der Waals surface area contributed by atoms with Gasteiger partial charge in [0.15, 0.2) is 0 Å². The number of aliphatic imine (C=N–C) groups is 1. The third kappa shape index (κ3) is 4.08. The van der Waals surface area contributed by atoms with Crippen molar-refractivity contribution >= 4 is 6.08 Å². The van der Waals surface area contributed by atoms with Gasteiger partial charge in [0.1, 0.15) is 0 Å². The van der Waals surface area contributed by atoms with Crippen LogP contribution >= 0.6 is 0 Å². The topological polar surface area (TPSA) is 29.4 Å². The van der Waals surface area contributed by atoms with Gasteiger partial charge in [0, 0.05) is 12.3 Å². The van der Waals surface area contributed by atoms with Gasteiger partial charge < -0.3 is 0 Å². The van der Waals surface area contributed by atoms with Crippen LogP contribution < -0.4 is 0 Å². The molecule has 0 aromatic carbocycles. The van der Waals surface area contributed by atoms with Crippen molar-refractivity contribution in [3.05, 3.63) is 0 Å². The van der Waals surface area contributed by atoms with Crippen LogP contribution in [-0.2, 0) is 4.79 Å². The predicted octanol–water partition coefficient (Wildman–Crippen LogP) is 3.32. The number of rotatable bonds is 4. The van der Waals surface area contributed by atoms with E-state index in [2.05, 4.69) is 4.99 Å². The number of isocyanates is 1. The molecule has 1 aliphatic rings. The Morgan fingerprint density at radius 1 is 1.20 bits per heavy atom. The first kappa shape index (κ1) is 12.3. The highest BCUT2D eigenvalue weighted by atomic mass is 19.3. The van der Waals surface area contributed by atoms with E-state index in [4.69, 9.17) is 0 Å². The van der Waals surface area contributed by atoms with Gasteiger partial charge in [-0.2, -0.15) is 0 Å². The van der Waals surface area contributed by atoms with E-state index in [9.17, 15) is 13.6 Å². The lowest BCUT2D eigenvalue weighted by Crippen LogP contribution is -2.28. The van der Waals surface area contributed by atoms with Gasteiger partial charge in [-0.25, -0.2) is 18.6 Å². The van der Waals surface area contributed by atoms with Crippen LogP contribution in [0.15, 0.2) is 4.99 Å². The molecule has 0 aliphatic heterocycles. The number of halogens is 2. The fourth-order valence-corrected chi connectivity index (χ4v) is 2.16. The largest absolute Gasteiger partial charge is 0.252 e. The van der Waals surface area contributed by atoms with E-state index in [-0.39, 0.29) is 13.0 Å². The van der Waals surface area contributed by atoms with Gasteiger partial charge in [-0.1, -0.05) is 25.7 Å². The molecule has 2 nitrogen and oxygen atoms in total. The number of hydrogen-bond donors (Lipinski definition) is 0. The Kier molecular flexibility index (Phi) is 4.89. The summed E-state index contributed by atoms with van der Waals surface area (Å²) >= 11 is 0. The summed E-state index contributed by atoms with van der Waals surface area (Å²) in [5, 5.41) is 0. The lowest BCUT2D eigenvalue weighted by molar-refractivity contribution is -0.0680. The fraction of sp³-hybridized carbons (Fsp3) is 0.909. The van der Waals surface area contributed by atoms with E-state index in [1.54, 1.807) is 0 Å². The molecule has 0 saturated heterocycles. The van der Waals surface area contributed by atoms with Gasteiger partial charge in [-0.05, 0) is 12.8 Å². The van der Waals surface area contributed by atoms with Gasteiger partial charge in [0.2, 0.25) is 6.08 Å². The highest BCUT2D eigenvalue weighted by molar-refractivity contribution is 5.32. The van der Waals surface area contributed by atoms with Gasteiger partial charge in [-0.15, -0.1) is 0 Å². The molecule has 4 heteroatoms. The van der Waals surface area contributed by atoms with E-state index in [1.807, 2.05) is 0 Å². The zero-order chi connectivity index (χ0) is 11.1. The van der Waals surface area contributed by atoms with Crippen LogP contribution in [0.1, 0.15) is 44.9 Å². The summed E-state index contributed by atoms with van der Waals surface area (Å²) in [5.74, 6) is -3.17. The van der Waals surface area contributed by atoms with Gasteiger partial charge in [0.25, 0.3) is 5.92 Å². The van der Waals surface area contributed by atoms with Gasteiger partial charge in [0.05, 0.1) is 6.54 Å². The van der Waals surface area contributed by atoms with Crippen molar-refractivity contribution in [2.45, 2.75) is 50.9 Å². The number of nitrogens with zero attached hydrogens (tertiary/aromatic N) is 1. The van der Waals surface area contributed by atoms with Crippen molar-refractivity contribution in [1.29, 1.82) is 0 Å².